The fourth-order valence-corrected chi connectivity index (χ4v) is 1.80. The zero-order chi connectivity index (χ0) is 11.4. The van der Waals surface area contributed by atoms with Crippen molar-refractivity contribution in [2.24, 2.45) is 0 Å². The number of urea groups is 1. The predicted molar refractivity (Wildman–Crippen MR) is 52.0 cm³/mol. The maximum absolute atomic E-state index is 11.2. The van der Waals surface area contributed by atoms with Gasteiger partial charge in [0.1, 0.15) is 0 Å². The molecule has 7 heteroatoms. The molecule has 0 saturated carbocycles. The molecule has 0 bridgehead atoms. The first-order valence-corrected chi connectivity index (χ1v) is 4.72. The van der Waals surface area contributed by atoms with Gasteiger partial charge in [-0.1, -0.05) is 0 Å². The van der Waals surface area contributed by atoms with Crippen LogP contribution in [-0.4, -0.2) is 59.0 Å². The number of fused-ring (bicyclic) bond motifs is 1. The van der Waals surface area contributed by atoms with E-state index >= 15 is 0 Å². The number of piperazine rings is 1. The van der Waals surface area contributed by atoms with Gasteiger partial charge in [0.2, 0.25) is 0 Å². The molecule has 2 aliphatic rings. The van der Waals surface area contributed by atoms with Crippen molar-refractivity contribution in [1.82, 2.24) is 15.5 Å². The van der Waals surface area contributed by atoms with Crippen LogP contribution in [0.15, 0.2) is 0 Å². The molecule has 4 N–H and O–H groups in total. The van der Waals surface area contributed by atoms with Gasteiger partial charge in [0.25, 0.3) is 0 Å². The van der Waals surface area contributed by atoms with E-state index in [1.807, 2.05) is 4.90 Å². The van der Waals surface area contributed by atoms with Crippen LogP contribution in [0.2, 0.25) is 0 Å². The van der Waals surface area contributed by atoms with Crippen molar-refractivity contribution in [2.45, 2.75) is 19.0 Å². The van der Waals surface area contributed by atoms with Crippen LogP contribution >= 0.6 is 0 Å². The molecule has 0 aromatic rings. The van der Waals surface area contributed by atoms with Crippen LogP contribution in [-0.2, 0) is 0 Å². The van der Waals surface area contributed by atoms with Gasteiger partial charge in [-0.25, -0.2) is 9.59 Å². The molecular formula is C8H15N3O4. The second-order valence-electron chi connectivity index (χ2n) is 3.49. The lowest BCUT2D eigenvalue weighted by Gasteiger charge is -2.30. The summed E-state index contributed by atoms with van der Waals surface area (Å²) in [6.07, 6.45) is -1.83. The summed E-state index contributed by atoms with van der Waals surface area (Å²) >= 11 is 0. The fourth-order valence-electron chi connectivity index (χ4n) is 1.80. The Hall–Kier alpha value is -1.50. The Morgan fingerprint density at radius 2 is 2.13 bits per heavy atom. The Morgan fingerprint density at radius 1 is 1.53 bits per heavy atom. The van der Waals surface area contributed by atoms with Gasteiger partial charge in [-0.05, 0) is 6.92 Å². The lowest BCUT2D eigenvalue weighted by Crippen LogP contribution is -2.51. The predicted octanol–water partition coefficient (Wildman–Crippen LogP) is -0.406. The molecule has 2 heterocycles. The number of rotatable bonds is 0. The van der Waals surface area contributed by atoms with Gasteiger partial charge in [-0.3, -0.25) is 0 Å². The van der Waals surface area contributed by atoms with E-state index in [2.05, 4.69) is 17.6 Å². The third-order valence-corrected chi connectivity index (χ3v) is 2.47. The van der Waals surface area contributed by atoms with Crippen LogP contribution in [0.5, 0.6) is 0 Å². The monoisotopic (exact) mass is 217 g/mol. The van der Waals surface area contributed by atoms with Gasteiger partial charge in [-0.2, -0.15) is 0 Å². The number of carbonyl (C=O) groups is 2. The Bertz CT molecular complexity index is 254. The summed E-state index contributed by atoms with van der Waals surface area (Å²) in [6.45, 7) is 4.76. The molecule has 86 valence electrons. The molecule has 2 fully saturated rings. The van der Waals surface area contributed by atoms with E-state index < -0.39 is 6.16 Å². The van der Waals surface area contributed by atoms with Crippen LogP contribution in [0.3, 0.4) is 0 Å². The van der Waals surface area contributed by atoms with E-state index in [-0.39, 0.29) is 6.03 Å². The van der Waals surface area contributed by atoms with E-state index in [0.29, 0.717) is 12.1 Å². The fraction of sp³-hybridized carbons (Fsp3) is 0.750. The van der Waals surface area contributed by atoms with Crippen molar-refractivity contribution in [3.63, 3.8) is 0 Å². The Kier molecular flexibility index (Phi) is 3.73. The highest BCUT2D eigenvalue weighted by molar-refractivity contribution is 5.77. The zero-order valence-corrected chi connectivity index (χ0v) is 8.43. The van der Waals surface area contributed by atoms with Crippen molar-refractivity contribution in [1.29, 1.82) is 0 Å². The molecule has 0 aliphatic carbocycles. The number of amides is 2. The molecule has 7 nitrogen and oxygen atoms in total. The molecule has 2 amide bonds. The molecule has 2 unspecified atom stereocenters. The lowest BCUT2D eigenvalue weighted by molar-refractivity contribution is 0.137. The third-order valence-electron chi connectivity index (χ3n) is 2.47. The Morgan fingerprint density at radius 3 is 2.67 bits per heavy atom. The van der Waals surface area contributed by atoms with Gasteiger partial charge in [0.15, 0.2) is 0 Å². The lowest BCUT2D eigenvalue weighted by atomic mass is 10.1. The van der Waals surface area contributed by atoms with Crippen molar-refractivity contribution in [3.05, 3.63) is 0 Å². The van der Waals surface area contributed by atoms with E-state index in [9.17, 15) is 4.79 Å². The summed E-state index contributed by atoms with van der Waals surface area (Å²) in [5, 5.41) is 20.1. The first-order chi connectivity index (χ1) is 7.02. The highest BCUT2D eigenvalue weighted by atomic mass is 16.6. The van der Waals surface area contributed by atoms with Crippen molar-refractivity contribution in [3.8, 4) is 0 Å². The topological polar surface area (TPSA) is 102 Å². The molecule has 15 heavy (non-hydrogen) atoms. The Balaban J connectivity index is 0.000000245. The standard InChI is InChI=1S/C7H13N3O.CH2O3/c1-5-6-4-8-2-3-10(6)7(11)9-5;2-1(3)4/h5-6,8H,2-4H2,1H3,(H,9,11);(H2,2,3,4). The quantitative estimate of drug-likeness (QED) is 0.442. The maximum atomic E-state index is 11.2. The van der Waals surface area contributed by atoms with E-state index in [1.165, 1.54) is 0 Å². The molecule has 0 spiro atoms. The first kappa shape index (κ1) is 11.6. The average Bonchev–Trinajstić information content (AvgIpc) is 2.43. The van der Waals surface area contributed by atoms with Gasteiger partial charge in [0, 0.05) is 25.7 Å². The largest absolute Gasteiger partial charge is 0.503 e. The second-order valence-corrected chi connectivity index (χ2v) is 3.49. The van der Waals surface area contributed by atoms with E-state index in [1.54, 1.807) is 0 Å². The maximum Gasteiger partial charge on any atom is 0.503 e. The van der Waals surface area contributed by atoms with Gasteiger partial charge >= 0.3 is 12.2 Å². The summed E-state index contributed by atoms with van der Waals surface area (Å²) in [5.74, 6) is 0. The summed E-state index contributed by atoms with van der Waals surface area (Å²) in [5.41, 5.74) is 0. The second kappa shape index (κ2) is 4.83. The number of nitrogens with zero attached hydrogens (tertiary/aromatic N) is 1. The highest BCUT2D eigenvalue weighted by Gasteiger charge is 2.37. The molecule has 2 aliphatic heterocycles. The van der Waals surface area contributed by atoms with Gasteiger partial charge < -0.3 is 25.7 Å². The minimum atomic E-state index is -1.83. The Labute approximate surface area is 87.1 Å². The minimum Gasteiger partial charge on any atom is -0.450 e. The van der Waals surface area contributed by atoms with E-state index in [4.69, 9.17) is 15.0 Å². The van der Waals surface area contributed by atoms with Crippen LogP contribution < -0.4 is 10.6 Å². The number of nitrogens with one attached hydrogen (secondary N) is 2. The normalized spacial score (nSPS) is 28.6. The highest BCUT2D eigenvalue weighted by Crippen LogP contribution is 2.14. The number of carboxylic acid groups (broad SMARTS) is 2. The molecule has 0 aromatic heterocycles. The average molecular weight is 217 g/mol. The smallest absolute Gasteiger partial charge is 0.450 e. The SMILES string of the molecule is CC1NC(=O)N2CCNCC12.O=C(O)O. The summed E-state index contributed by atoms with van der Waals surface area (Å²) in [7, 11) is 0. The summed E-state index contributed by atoms with van der Waals surface area (Å²) < 4.78 is 0. The molecule has 0 radical (unpaired) electrons. The zero-order valence-electron chi connectivity index (χ0n) is 8.43. The van der Waals surface area contributed by atoms with Crippen LogP contribution in [0, 0.1) is 0 Å². The molecule has 2 saturated heterocycles. The summed E-state index contributed by atoms with van der Waals surface area (Å²) in [6, 6.07) is 0.774. The molecular weight excluding hydrogens is 202 g/mol. The summed E-state index contributed by atoms with van der Waals surface area (Å²) in [4.78, 5) is 21.7. The van der Waals surface area contributed by atoms with Crippen LogP contribution in [0.25, 0.3) is 0 Å². The van der Waals surface area contributed by atoms with E-state index in [0.717, 1.165) is 19.6 Å². The molecule has 2 atom stereocenters. The number of carbonyl (C=O) groups excluding carboxylic acids is 1. The van der Waals surface area contributed by atoms with Crippen LogP contribution in [0.4, 0.5) is 9.59 Å². The van der Waals surface area contributed by atoms with Crippen molar-refractivity contribution < 1.29 is 19.8 Å². The van der Waals surface area contributed by atoms with Gasteiger partial charge in [0.05, 0.1) is 6.04 Å². The minimum absolute atomic E-state index is 0.101. The first-order valence-electron chi connectivity index (χ1n) is 4.72. The van der Waals surface area contributed by atoms with Crippen LogP contribution in [0.1, 0.15) is 6.92 Å². The molecule has 0 aromatic carbocycles. The van der Waals surface area contributed by atoms with Crippen molar-refractivity contribution in [2.75, 3.05) is 19.6 Å². The molecule has 2 rings (SSSR count). The number of hydrogen-bond donors (Lipinski definition) is 4. The van der Waals surface area contributed by atoms with Crippen molar-refractivity contribution >= 4 is 12.2 Å². The third kappa shape index (κ3) is 2.98. The van der Waals surface area contributed by atoms with Gasteiger partial charge in [-0.15, -0.1) is 0 Å². The number of hydrogen-bond acceptors (Lipinski definition) is 3.